The lowest BCUT2D eigenvalue weighted by Gasteiger charge is -2.47. The molecule has 3 fully saturated rings. The maximum absolute atomic E-state index is 4.34. The Balaban J connectivity index is 1.81. The third-order valence-electron chi connectivity index (χ3n) is 6.79. The minimum Gasteiger partial charge on any atom is -0.370 e. The summed E-state index contributed by atoms with van der Waals surface area (Å²) in [7, 11) is 0. The lowest BCUT2D eigenvalue weighted by atomic mass is 9.64. The lowest BCUT2D eigenvalue weighted by molar-refractivity contribution is 0.0431. The van der Waals surface area contributed by atoms with Crippen LogP contribution in [-0.4, -0.2) is 23.5 Å². The fourth-order valence-corrected chi connectivity index (χ4v) is 5.44. The van der Waals surface area contributed by atoms with Gasteiger partial charge in [-0.15, -0.1) is 0 Å². The van der Waals surface area contributed by atoms with Gasteiger partial charge in [0.25, 0.3) is 0 Å². The number of rotatable bonds is 7. The first kappa shape index (κ1) is 16.2. The highest BCUT2D eigenvalue weighted by Crippen LogP contribution is 2.52. The third kappa shape index (κ3) is 2.90. The molecular weight excluding hydrogens is 268 g/mol. The zero-order valence-corrected chi connectivity index (χ0v) is 14.9. The molecule has 22 heavy (non-hydrogen) atoms. The molecule has 0 aromatic rings. The average Bonchev–Trinajstić information content (AvgIpc) is 3.26. The molecule has 2 nitrogen and oxygen atoms in total. The van der Waals surface area contributed by atoms with E-state index in [1.165, 1.54) is 83.0 Å². The van der Waals surface area contributed by atoms with Gasteiger partial charge >= 0.3 is 0 Å². The normalized spacial score (nSPS) is 24.8. The number of hydrogen-bond acceptors (Lipinski definition) is 2. The Kier molecular flexibility index (Phi) is 4.75. The maximum Gasteiger partial charge on any atom is 0.0945 e. The quantitative estimate of drug-likeness (QED) is 0.707. The van der Waals surface area contributed by atoms with Crippen molar-refractivity contribution in [2.24, 2.45) is 11.3 Å². The van der Waals surface area contributed by atoms with Crippen LogP contribution in [0, 0.1) is 11.3 Å². The van der Waals surface area contributed by atoms with E-state index < -0.39 is 0 Å². The van der Waals surface area contributed by atoms with E-state index in [4.69, 9.17) is 0 Å². The summed E-state index contributed by atoms with van der Waals surface area (Å²) in [6, 6.07) is 0. The van der Waals surface area contributed by atoms with E-state index in [2.05, 4.69) is 30.6 Å². The Labute approximate surface area is 137 Å². The Hall–Kier alpha value is -0.660. The molecule has 3 aliphatic rings. The molecule has 0 unspecified atom stereocenters. The largest absolute Gasteiger partial charge is 0.370 e. The predicted molar refractivity (Wildman–Crippen MR) is 94.6 cm³/mol. The second-order valence-electron chi connectivity index (χ2n) is 8.31. The van der Waals surface area contributed by atoms with E-state index in [9.17, 15) is 0 Å². The summed E-state index contributed by atoms with van der Waals surface area (Å²) in [4.78, 5) is 2.70. The third-order valence-corrected chi connectivity index (χ3v) is 6.79. The first-order chi connectivity index (χ1) is 10.7. The lowest BCUT2D eigenvalue weighted by Crippen LogP contribution is -2.46. The van der Waals surface area contributed by atoms with Crippen molar-refractivity contribution in [2.75, 3.05) is 13.1 Å². The predicted octanol–water partition coefficient (Wildman–Crippen LogP) is 5.06. The maximum atomic E-state index is 4.34. The molecule has 3 rings (SSSR count). The number of nitrogens with one attached hydrogen (secondary N) is 1. The van der Waals surface area contributed by atoms with Gasteiger partial charge in [-0.1, -0.05) is 52.5 Å². The van der Waals surface area contributed by atoms with Crippen molar-refractivity contribution in [3.05, 3.63) is 12.4 Å². The highest BCUT2D eigenvalue weighted by molar-refractivity contribution is 5.20. The topological polar surface area (TPSA) is 15.3 Å². The van der Waals surface area contributed by atoms with E-state index >= 15 is 0 Å². The average molecular weight is 305 g/mol. The van der Waals surface area contributed by atoms with Gasteiger partial charge in [-0.05, 0) is 49.9 Å². The Bertz CT molecular complexity index is 385. The molecule has 1 aliphatic heterocycles. The summed E-state index contributed by atoms with van der Waals surface area (Å²) in [6.07, 6.45) is 15.6. The van der Waals surface area contributed by atoms with Crippen LogP contribution in [0.1, 0.15) is 84.5 Å². The number of hydrogen-bond donors (Lipinski definition) is 1. The summed E-state index contributed by atoms with van der Waals surface area (Å²) in [6.45, 7) is 11.5. The van der Waals surface area contributed by atoms with Crippen molar-refractivity contribution in [3.63, 3.8) is 0 Å². The van der Waals surface area contributed by atoms with Gasteiger partial charge in [-0.3, -0.25) is 0 Å². The molecule has 1 heterocycles. The molecule has 2 heteroatoms. The van der Waals surface area contributed by atoms with Crippen LogP contribution in [0.4, 0.5) is 0 Å². The molecule has 2 saturated carbocycles. The molecule has 0 aromatic carbocycles. The van der Waals surface area contributed by atoms with Crippen LogP contribution in [0.25, 0.3) is 0 Å². The Morgan fingerprint density at radius 3 is 2.32 bits per heavy atom. The molecule has 1 saturated heterocycles. The van der Waals surface area contributed by atoms with E-state index in [1.54, 1.807) is 0 Å². The summed E-state index contributed by atoms with van der Waals surface area (Å²) in [5, 5.41) is 3.56. The fraction of sp³-hybridized carbons (Fsp3) is 0.900. The highest BCUT2D eigenvalue weighted by Gasteiger charge is 2.54. The van der Waals surface area contributed by atoms with Crippen molar-refractivity contribution in [3.8, 4) is 0 Å². The van der Waals surface area contributed by atoms with Crippen LogP contribution < -0.4 is 5.32 Å². The van der Waals surface area contributed by atoms with Crippen LogP contribution in [0.2, 0.25) is 0 Å². The summed E-state index contributed by atoms with van der Waals surface area (Å²) in [5.74, 6) is 2.16. The van der Waals surface area contributed by atoms with Crippen molar-refractivity contribution in [1.82, 2.24) is 10.2 Å². The fourth-order valence-electron chi connectivity index (χ4n) is 5.44. The first-order valence-corrected chi connectivity index (χ1v) is 9.86. The minimum absolute atomic E-state index is 0.457. The molecule has 1 N–H and O–H groups in total. The molecule has 0 aromatic heterocycles. The summed E-state index contributed by atoms with van der Waals surface area (Å²) < 4.78 is 0. The van der Waals surface area contributed by atoms with Crippen LogP contribution in [0.15, 0.2) is 12.4 Å². The molecule has 126 valence electrons. The first-order valence-electron chi connectivity index (χ1n) is 9.86. The molecule has 1 spiro atoms. The Morgan fingerprint density at radius 2 is 1.77 bits per heavy atom. The Morgan fingerprint density at radius 1 is 1.14 bits per heavy atom. The van der Waals surface area contributed by atoms with Gasteiger partial charge in [-0.2, -0.15) is 0 Å². The second kappa shape index (κ2) is 6.45. The van der Waals surface area contributed by atoms with Crippen LogP contribution in [-0.2, 0) is 0 Å². The van der Waals surface area contributed by atoms with Gasteiger partial charge in [0.05, 0.1) is 11.4 Å². The van der Waals surface area contributed by atoms with Crippen molar-refractivity contribution in [1.29, 1.82) is 0 Å². The zero-order valence-electron chi connectivity index (χ0n) is 14.9. The minimum atomic E-state index is 0.457. The molecule has 0 bridgehead atoms. The van der Waals surface area contributed by atoms with E-state index in [0.717, 1.165) is 12.5 Å². The van der Waals surface area contributed by atoms with E-state index in [-0.39, 0.29) is 0 Å². The molecular formula is C20H36N2. The van der Waals surface area contributed by atoms with Gasteiger partial charge < -0.3 is 10.2 Å². The van der Waals surface area contributed by atoms with Crippen molar-refractivity contribution >= 4 is 0 Å². The molecule has 0 radical (unpaired) electrons. The number of nitrogens with zero attached hydrogens (tertiary/aromatic N) is 1. The zero-order chi connectivity index (χ0) is 15.6. The van der Waals surface area contributed by atoms with Crippen LogP contribution >= 0.6 is 0 Å². The van der Waals surface area contributed by atoms with Crippen molar-refractivity contribution < 1.29 is 0 Å². The van der Waals surface area contributed by atoms with Gasteiger partial charge in [-0.25, -0.2) is 0 Å². The van der Waals surface area contributed by atoms with E-state index in [1.807, 2.05) is 0 Å². The highest BCUT2D eigenvalue weighted by atomic mass is 15.4. The smallest absolute Gasteiger partial charge is 0.0945 e. The van der Waals surface area contributed by atoms with Gasteiger partial charge in [0, 0.05) is 13.1 Å². The van der Waals surface area contributed by atoms with Crippen LogP contribution in [0.3, 0.4) is 0 Å². The summed E-state index contributed by atoms with van der Waals surface area (Å²) in [5.41, 5.74) is 0.993. The van der Waals surface area contributed by atoms with Crippen molar-refractivity contribution in [2.45, 2.75) is 90.0 Å². The SMILES string of the molecule is C=C1NCC2(CC2)N1CC(CCC)(CCC)C1CCCCC1. The second-order valence-corrected chi connectivity index (χ2v) is 8.31. The standard InChI is InChI=1S/C20H36N2/c1-4-11-19(12-5-2,18-9-7-6-8-10-18)16-22-17(3)21-15-20(22)13-14-20/h18,21H,3-16H2,1-2H3. The summed E-state index contributed by atoms with van der Waals surface area (Å²) >= 11 is 0. The molecule has 0 atom stereocenters. The van der Waals surface area contributed by atoms with Crippen LogP contribution in [0.5, 0.6) is 0 Å². The van der Waals surface area contributed by atoms with Gasteiger partial charge in [0.15, 0.2) is 0 Å². The monoisotopic (exact) mass is 304 g/mol. The van der Waals surface area contributed by atoms with E-state index in [0.29, 0.717) is 11.0 Å². The van der Waals surface area contributed by atoms with Gasteiger partial charge in [0.1, 0.15) is 0 Å². The molecule has 2 aliphatic carbocycles. The van der Waals surface area contributed by atoms with Gasteiger partial charge in [0.2, 0.25) is 0 Å². The molecule has 0 amide bonds.